The van der Waals surface area contributed by atoms with Crippen LogP contribution in [0.1, 0.15) is 35.8 Å². The fourth-order valence-corrected chi connectivity index (χ4v) is 2.49. The van der Waals surface area contributed by atoms with Gasteiger partial charge in [0.05, 0.1) is 24.9 Å². The molecule has 122 valence electrons. The van der Waals surface area contributed by atoms with E-state index in [1.54, 1.807) is 37.7 Å². The molecule has 0 saturated carbocycles. The topological polar surface area (TPSA) is 63.2 Å². The van der Waals surface area contributed by atoms with Crippen LogP contribution in [0.3, 0.4) is 0 Å². The zero-order valence-electron chi connectivity index (χ0n) is 13.4. The minimum Gasteiger partial charge on any atom is -0.495 e. The molecular weight excluding hydrogens is 314 g/mol. The van der Waals surface area contributed by atoms with Crippen molar-refractivity contribution in [1.29, 1.82) is 0 Å². The van der Waals surface area contributed by atoms with Crippen molar-refractivity contribution in [3.05, 3.63) is 52.8 Å². The van der Waals surface area contributed by atoms with Gasteiger partial charge in [-0.25, -0.2) is 0 Å². The van der Waals surface area contributed by atoms with Crippen molar-refractivity contribution in [2.45, 2.75) is 19.9 Å². The Kier molecular flexibility index (Phi) is 5.82. The molecule has 1 amide bonds. The molecule has 6 heteroatoms. The summed E-state index contributed by atoms with van der Waals surface area (Å²) in [5.41, 5.74) is 2.13. The van der Waals surface area contributed by atoms with Gasteiger partial charge in [-0.2, -0.15) is 0 Å². The lowest BCUT2D eigenvalue weighted by Gasteiger charge is -2.18. The van der Waals surface area contributed by atoms with Crippen LogP contribution in [0.15, 0.2) is 36.7 Å². The van der Waals surface area contributed by atoms with Crippen LogP contribution in [-0.2, 0) is 0 Å². The highest BCUT2D eigenvalue weighted by Crippen LogP contribution is 2.25. The number of aromatic nitrogens is 1. The summed E-state index contributed by atoms with van der Waals surface area (Å²) in [6.45, 7) is 4.59. The lowest BCUT2D eigenvalue weighted by Crippen LogP contribution is -2.27. The second-order valence-corrected chi connectivity index (χ2v) is 5.47. The molecule has 0 fully saturated rings. The number of nitrogens with one attached hydrogen (secondary N) is 2. The molecule has 0 aliphatic heterocycles. The van der Waals surface area contributed by atoms with Crippen molar-refractivity contribution in [3.8, 4) is 5.75 Å². The molecule has 1 atom stereocenters. The van der Waals surface area contributed by atoms with Crippen molar-refractivity contribution >= 4 is 23.2 Å². The van der Waals surface area contributed by atoms with Gasteiger partial charge in [0, 0.05) is 29.0 Å². The number of nitrogens with zero attached hydrogens (tertiary/aromatic N) is 1. The quantitative estimate of drug-likeness (QED) is 0.846. The highest BCUT2D eigenvalue weighted by atomic mass is 35.5. The van der Waals surface area contributed by atoms with E-state index in [1.807, 2.05) is 19.9 Å². The SMILES string of the molecule is CCNc1ccc(Cl)cc1C(=O)NC(C)c1ccncc1OC. The second-order valence-electron chi connectivity index (χ2n) is 5.03. The number of hydrogen-bond donors (Lipinski definition) is 2. The average Bonchev–Trinajstić information content (AvgIpc) is 2.56. The molecule has 1 aromatic carbocycles. The number of carbonyl (C=O) groups is 1. The molecule has 0 aliphatic rings. The molecule has 0 aliphatic carbocycles. The van der Waals surface area contributed by atoms with Gasteiger partial charge in [0.2, 0.25) is 0 Å². The smallest absolute Gasteiger partial charge is 0.253 e. The van der Waals surface area contributed by atoms with E-state index in [1.165, 1.54) is 0 Å². The maximum atomic E-state index is 12.6. The zero-order valence-corrected chi connectivity index (χ0v) is 14.1. The Labute approximate surface area is 141 Å². The molecule has 1 unspecified atom stereocenters. The molecule has 2 rings (SSSR count). The Bertz CT molecular complexity index is 691. The summed E-state index contributed by atoms with van der Waals surface area (Å²) in [6, 6.07) is 6.82. The predicted molar refractivity (Wildman–Crippen MR) is 92.3 cm³/mol. The third kappa shape index (κ3) is 4.13. The van der Waals surface area contributed by atoms with Crippen LogP contribution < -0.4 is 15.4 Å². The first kappa shape index (κ1) is 17.1. The number of carbonyl (C=O) groups excluding carboxylic acids is 1. The molecule has 0 radical (unpaired) electrons. The first-order valence-corrected chi connectivity index (χ1v) is 7.76. The maximum absolute atomic E-state index is 12.6. The van der Waals surface area contributed by atoms with E-state index in [0.29, 0.717) is 16.3 Å². The summed E-state index contributed by atoms with van der Waals surface area (Å²) < 4.78 is 5.29. The number of benzene rings is 1. The summed E-state index contributed by atoms with van der Waals surface area (Å²) in [5, 5.41) is 6.65. The van der Waals surface area contributed by atoms with Crippen molar-refractivity contribution in [2.24, 2.45) is 0 Å². The summed E-state index contributed by atoms with van der Waals surface area (Å²) in [4.78, 5) is 16.6. The van der Waals surface area contributed by atoms with Crippen molar-refractivity contribution < 1.29 is 9.53 Å². The summed E-state index contributed by atoms with van der Waals surface area (Å²) in [7, 11) is 1.58. The summed E-state index contributed by atoms with van der Waals surface area (Å²) in [5.74, 6) is 0.438. The van der Waals surface area contributed by atoms with Gasteiger partial charge in [0.1, 0.15) is 5.75 Å². The van der Waals surface area contributed by atoms with Gasteiger partial charge in [0.15, 0.2) is 0 Å². The van der Waals surface area contributed by atoms with Crippen LogP contribution in [0.4, 0.5) is 5.69 Å². The van der Waals surface area contributed by atoms with Gasteiger partial charge in [-0.3, -0.25) is 9.78 Å². The first-order valence-electron chi connectivity index (χ1n) is 7.39. The Morgan fingerprint density at radius 1 is 1.39 bits per heavy atom. The van der Waals surface area contributed by atoms with E-state index >= 15 is 0 Å². The molecule has 1 heterocycles. The van der Waals surface area contributed by atoms with Crippen molar-refractivity contribution in [3.63, 3.8) is 0 Å². The van der Waals surface area contributed by atoms with E-state index in [4.69, 9.17) is 16.3 Å². The van der Waals surface area contributed by atoms with Crippen LogP contribution in [0.5, 0.6) is 5.75 Å². The molecule has 0 bridgehead atoms. The average molecular weight is 334 g/mol. The standard InChI is InChI=1S/C17H20ClN3O2/c1-4-20-15-6-5-12(18)9-14(15)17(22)21-11(2)13-7-8-19-10-16(13)23-3/h5-11,20H,4H2,1-3H3,(H,21,22). The Hall–Kier alpha value is -2.27. The number of anilines is 1. The number of pyridine rings is 1. The molecule has 2 aromatic rings. The highest BCUT2D eigenvalue weighted by molar-refractivity contribution is 6.31. The van der Waals surface area contributed by atoms with Crippen LogP contribution >= 0.6 is 11.6 Å². The number of amides is 1. The van der Waals surface area contributed by atoms with Crippen molar-refractivity contribution in [1.82, 2.24) is 10.3 Å². The molecule has 23 heavy (non-hydrogen) atoms. The zero-order chi connectivity index (χ0) is 16.8. The third-order valence-electron chi connectivity index (χ3n) is 3.44. The third-order valence-corrected chi connectivity index (χ3v) is 3.68. The Balaban J connectivity index is 2.23. The van der Waals surface area contributed by atoms with E-state index in [9.17, 15) is 4.79 Å². The molecule has 1 aromatic heterocycles. The van der Waals surface area contributed by atoms with Crippen molar-refractivity contribution in [2.75, 3.05) is 19.0 Å². The fourth-order valence-electron chi connectivity index (χ4n) is 2.32. The maximum Gasteiger partial charge on any atom is 0.253 e. The van der Waals surface area contributed by atoms with Gasteiger partial charge in [-0.15, -0.1) is 0 Å². The second kappa shape index (κ2) is 7.83. The monoisotopic (exact) mass is 333 g/mol. The number of ether oxygens (including phenoxy) is 1. The van der Waals surface area contributed by atoms with Gasteiger partial charge in [-0.05, 0) is 38.1 Å². The van der Waals surface area contributed by atoms with Gasteiger partial charge < -0.3 is 15.4 Å². The minimum absolute atomic E-state index is 0.199. The van der Waals surface area contributed by atoms with Gasteiger partial charge in [0.25, 0.3) is 5.91 Å². The van der Waals surface area contributed by atoms with E-state index in [2.05, 4.69) is 15.6 Å². The predicted octanol–water partition coefficient (Wildman–Crippen LogP) is 3.67. The highest BCUT2D eigenvalue weighted by Gasteiger charge is 2.17. The van der Waals surface area contributed by atoms with E-state index in [-0.39, 0.29) is 11.9 Å². The van der Waals surface area contributed by atoms with E-state index in [0.717, 1.165) is 17.8 Å². The molecule has 0 spiro atoms. The number of rotatable bonds is 6. The summed E-state index contributed by atoms with van der Waals surface area (Å²) >= 11 is 6.03. The number of halogens is 1. The lowest BCUT2D eigenvalue weighted by atomic mass is 10.1. The van der Waals surface area contributed by atoms with E-state index < -0.39 is 0 Å². The first-order chi connectivity index (χ1) is 11.1. The summed E-state index contributed by atoms with van der Waals surface area (Å²) in [6.07, 6.45) is 3.30. The number of hydrogen-bond acceptors (Lipinski definition) is 4. The van der Waals surface area contributed by atoms with Crippen LogP contribution in [0.2, 0.25) is 5.02 Å². The lowest BCUT2D eigenvalue weighted by molar-refractivity contribution is 0.0940. The van der Waals surface area contributed by atoms with Gasteiger partial charge >= 0.3 is 0 Å². The number of methoxy groups -OCH3 is 1. The molecule has 5 nitrogen and oxygen atoms in total. The Morgan fingerprint density at radius 3 is 2.87 bits per heavy atom. The van der Waals surface area contributed by atoms with Crippen LogP contribution in [0, 0.1) is 0 Å². The van der Waals surface area contributed by atoms with Crippen LogP contribution in [0.25, 0.3) is 0 Å². The van der Waals surface area contributed by atoms with Crippen LogP contribution in [-0.4, -0.2) is 24.5 Å². The molecular formula is C17H20ClN3O2. The Morgan fingerprint density at radius 2 is 2.17 bits per heavy atom. The fraction of sp³-hybridized carbons (Fsp3) is 0.294. The van der Waals surface area contributed by atoms with Gasteiger partial charge in [-0.1, -0.05) is 11.6 Å². The minimum atomic E-state index is -0.228. The normalized spacial score (nSPS) is 11.7. The molecule has 2 N–H and O–H groups in total. The molecule has 0 saturated heterocycles. The largest absolute Gasteiger partial charge is 0.495 e.